The van der Waals surface area contributed by atoms with E-state index >= 15 is 0 Å². The molecule has 0 radical (unpaired) electrons. The fourth-order valence-electron chi connectivity index (χ4n) is 2.31. The van der Waals surface area contributed by atoms with Gasteiger partial charge in [-0.3, -0.25) is 4.79 Å². The van der Waals surface area contributed by atoms with Crippen molar-refractivity contribution < 1.29 is 4.79 Å². The molecule has 1 aliphatic carbocycles. The maximum Gasteiger partial charge on any atom is 0.220 e. The van der Waals surface area contributed by atoms with E-state index < -0.39 is 0 Å². The van der Waals surface area contributed by atoms with Gasteiger partial charge in [-0.25, -0.2) is 9.97 Å². The average Bonchev–Trinajstić information content (AvgIpc) is 2.67. The van der Waals surface area contributed by atoms with Gasteiger partial charge in [0.15, 0.2) is 0 Å². The van der Waals surface area contributed by atoms with E-state index in [-0.39, 0.29) is 11.8 Å². The highest BCUT2D eigenvalue weighted by atomic mass is 35.5. The van der Waals surface area contributed by atoms with Crippen LogP contribution >= 0.6 is 22.9 Å². The average molecular weight is 268 g/mol. The molecule has 0 saturated heterocycles. The number of carbonyl (C=O) groups is 1. The molecule has 17 heavy (non-hydrogen) atoms. The lowest BCUT2D eigenvalue weighted by Gasteiger charge is -2.19. The molecule has 0 aliphatic heterocycles. The Hall–Kier alpha value is -1.20. The Kier molecular flexibility index (Phi) is 2.52. The molecule has 0 bridgehead atoms. The molecule has 4 nitrogen and oxygen atoms in total. The fraction of sp³-hybridized carbons (Fsp3) is 0.364. The summed E-state index contributed by atoms with van der Waals surface area (Å²) < 4.78 is 0. The van der Waals surface area contributed by atoms with Crippen molar-refractivity contribution in [2.45, 2.75) is 19.3 Å². The van der Waals surface area contributed by atoms with Crippen LogP contribution in [-0.2, 0) is 17.6 Å². The number of hydrogen-bond acceptors (Lipinski definition) is 4. The minimum absolute atomic E-state index is 0.0865. The van der Waals surface area contributed by atoms with Crippen molar-refractivity contribution in [3.8, 4) is 0 Å². The summed E-state index contributed by atoms with van der Waals surface area (Å²) >= 11 is 7.74. The first-order valence-electron chi connectivity index (χ1n) is 5.37. The van der Waals surface area contributed by atoms with Crippen molar-refractivity contribution in [2.75, 3.05) is 0 Å². The first kappa shape index (κ1) is 10.9. The molecule has 0 aromatic carbocycles. The molecule has 1 amide bonds. The third-order valence-electron chi connectivity index (χ3n) is 3.20. The number of thiophene rings is 1. The molecule has 2 aromatic heterocycles. The van der Waals surface area contributed by atoms with E-state index in [1.165, 1.54) is 11.2 Å². The minimum atomic E-state index is -0.233. The molecule has 2 heterocycles. The number of amides is 1. The van der Waals surface area contributed by atoms with Crippen LogP contribution in [0.5, 0.6) is 0 Å². The van der Waals surface area contributed by atoms with Crippen LogP contribution in [-0.4, -0.2) is 15.9 Å². The van der Waals surface area contributed by atoms with E-state index in [1.54, 1.807) is 11.3 Å². The summed E-state index contributed by atoms with van der Waals surface area (Å²) in [4.78, 5) is 21.7. The third kappa shape index (κ3) is 1.70. The lowest BCUT2D eigenvalue weighted by Crippen LogP contribution is -2.28. The van der Waals surface area contributed by atoms with Crippen molar-refractivity contribution in [1.82, 2.24) is 9.97 Å². The van der Waals surface area contributed by atoms with Crippen LogP contribution in [0.4, 0.5) is 0 Å². The molecular weight excluding hydrogens is 258 g/mol. The highest BCUT2D eigenvalue weighted by Crippen LogP contribution is 2.39. The van der Waals surface area contributed by atoms with Gasteiger partial charge in [-0.15, -0.1) is 11.3 Å². The molecule has 0 fully saturated rings. The van der Waals surface area contributed by atoms with Crippen molar-refractivity contribution in [3.63, 3.8) is 0 Å². The van der Waals surface area contributed by atoms with Crippen LogP contribution < -0.4 is 5.73 Å². The van der Waals surface area contributed by atoms with Crippen molar-refractivity contribution in [2.24, 2.45) is 11.7 Å². The van der Waals surface area contributed by atoms with Gasteiger partial charge < -0.3 is 5.73 Å². The molecule has 1 aliphatic rings. The quantitative estimate of drug-likeness (QED) is 0.803. The number of nitrogens with zero attached hydrogens (tertiary/aromatic N) is 2. The van der Waals surface area contributed by atoms with Gasteiger partial charge in [0.1, 0.15) is 16.3 Å². The molecule has 0 saturated carbocycles. The molecule has 0 spiro atoms. The van der Waals surface area contributed by atoms with Crippen LogP contribution in [0, 0.1) is 5.92 Å². The van der Waals surface area contributed by atoms with Gasteiger partial charge in [0, 0.05) is 10.8 Å². The van der Waals surface area contributed by atoms with Crippen molar-refractivity contribution in [3.05, 3.63) is 21.9 Å². The number of aryl methyl sites for hydroxylation is 1. The second-order valence-electron chi connectivity index (χ2n) is 4.19. The standard InChI is InChI=1S/C11H10ClN3OS/c12-9-8-6-3-5(10(13)16)1-2-7(6)17-11(8)15-4-14-9/h4-5H,1-3H2,(H2,13,16)/t5-/m0/s1. The molecular formula is C11H10ClN3OS. The lowest BCUT2D eigenvalue weighted by atomic mass is 9.87. The highest BCUT2D eigenvalue weighted by Gasteiger charge is 2.27. The molecule has 88 valence electrons. The number of hydrogen-bond donors (Lipinski definition) is 1. The van der Waals surface area contributed by atoms with Crippen LogP contribution in [0.1, 0.15) is 16.9 Å². The Labute approximate surface area is 107 Å². The number of primary amides is 1. The van der Waals surface area contributed by atoms with E-state index in [1.807, 2.05) is 0 Å². The molecule has 6 heteroatoms. The summed E-state index contributed by atoms with van der Waals surface area (Å²) in [5.41, 5.74) is 6.49. The van der Waals surface area contributed by atoms with E-state index in [0.717, 1.165) is 28.6 Å². The third-order valence-corrected chi connectivity index (χ3v) is 4.68. The summed E-state index contributed by atoms with van der Waals surface area (Å²) in [5, 5.41) is 1.37. The van der Waals surface area contributed by atoms with Gasteiger partial charge in [0.25, 0.3) is 0 Å². The topological polar surface area (TPSA) is 68.9 Å². The van der Waals surface area contributed by atoms with E-state index in [4.69, 9.17) is 17.3 Å². The predicted molar refractivity (Wildman–Crippen MR) is 67.1 cm³/mol. The van der Waals surface area contributed by atoms with Crippen molar-refractivity contribution in [1.29, 1.82) is 0 Å². The zero-order valence-corrected chi connectivity index (χ0v) is 10.5. The summed E-state index contributed by atoms with van der Waals surface area (Å²) in [7, 11) is 0. The number of nitrogens with two attached hydrogens (primary N) is 1. The Morgan fingerprint density at radius 3 is 3.12 bits per heavy atom. The van der Waals surface area contributed by atoms with Crippen LogP contribution in [0.3, 0.4) is 0 Å². The number of aromatic nitrogens is 2. The molecule has 0 unspecified atom stereocenters. The van der Waals surface area contributed by atoms with Crippen molar-refractivity contribution >= 4 is 39.1 Å². The first-order valence-corrected chi connectivity index (χ1v) is 6.56. The Morgan fingerprint density at radius 2 is 2.35 bits per heavy atom. The monoisotopic (exact) mass is 267 g/mol. The second-order valence-corrected chi connectivity index (χ2v) is 5.63. The smallest absolute Gasteiger partial charge is 0.220 e. The Morgan fingerprint density at radius 1 is 1.53 bits per heavy atom. The lowest BCUT2D eigenvalue weighted by molar-refractivity contribution is -0.122. The SMILES string of the molecule is NC(=O)[C@H]1CCc2sc3ncnc(Cl)c3c2C1. The summed E-state index contributed by atoms with van der Waals surface area (Å²) in [6.07, 6.45) is 3.83. The largest absolute Gasteiger partial charge is 0.369 e. The fourth-order valence-corrected chi connectivity index (χ4v) is 3.80. The summed E-state index contributed by atoms with van der Waals surface area (Å²) in [5.74, 6) is -0.320. The van der Waals surface area contributed by atoms with E-state index in [0.29, 0.717) is 11.6 Å². The van der Waals surface area contributed by atoms with Crippen LogP contribution in [0.2, 0.25) is 5.15 Å². The second kappa shape index (κ2) is 3.92. The van der Waals surface area contributed by atoms with Gasteiger partial charge in [-0.2, -0.15) is 0 Å². The van der Waals surface area contributed by atoms with Gasteiger partial charge in [-0.05, 0) is 24.8 Å². The summed E-state index contributed by atoms with van der Waals surface area (Å²) in [6, 6.07) is 0. The molecule has 2 N–H and O–H groups in total. The Bertz CT molecular complexity index is 610. The number of fused-ring (bicyclic) bond motifs is 3. The molecule has 3 rings (SSSR count). The van der Waals surface area contributed by atoms with E-state index in [2.05, 4.69) is 9.97 Å². The number of carbonyl (C=O) groups excluding carboxylic acids is 1. The maximum absolute atomic E-state index is 11.3. The van der Waals surface area contributed by atoms with Gasteiger partial charge >= 0.3 is 0 Å². The van der Waals surface area contributed by atoms with E-state index in [9.17, 15) is 4.79 Å². The number of rotatable bonds is 1. The van der Waals surface area contributed by atoms with Gasteiger partial charge in [0.05, 0.1) is 5.39 Å². The Balaban J connectivity index is 2.17. The predicted octanol–water partition coefficient (Wildman–Crippen LogP) is 1.93. The summed E-state index contributed by atoms with van der Waals surface area (Å²) in [6.45, 7) is 0. The molecule has 1 atom stereocenters. The zero-order valence-electron chi connectivity index (χ0n) is 8.94. The maximum atomic E-state index is 11.3. The highest BCUT2D eigenvalue weighted by molar-refractivity contribution is 7.19. The van der Waals surface area contributed by atoms with Crippen LogP contribution in [0.25, 0.3) is 10.2 Å². The van der Waals surface area contributed by atoms with Gasteiger partial charge in [-0.1, -0.05) is 11.6 Å². The minimum Gasteiger partial charge on any atom is -0.369 e. The first-order chi connectivity index (χ1) is 8.16. The normalized spacial score (nSPS) is 19.2. The number of halogens is 1. The zero-order chi connectivity index (χ0) is 12.0. The van der Waals surface area contributed by atoms with Gasteiger partial charge in [0.2, 0.25) is 5.91 Å². The molecule has 2 aromatic rings. The van der Waals surface area contributed by atoms with Crippen LogP contribution in [0.15, 0.2) is 6.33 Å².